The van der Waals surface area contributed by atoms with Crippen LogP contribution in [0.25, 0.3) is 0 Å². The van der Waals surface area contributed by atoms with E-state index in [1.807, 2.05) is 6.07 Å². The Labute approximate surface area is 124 Å². The number of ether oxygens (including phenoxy) is 1. The Hall–Kier alpha value is -2.03. The minimum Gasteiger partial charge on any atom is -0.489 e. The maximum Gasteiger partial charge on any atom is 0.247 e. The third-order valence-electron chi connectivity index (χ3n) is 3.22. The predicted molar refractivity (Wildman–Crippen MR) is 81.4 cm³/mol. The third-order valence-corrected chi connectivity index (χ3v) is 3.22. The quantitative estimate of drug-likeness (QED) is 0.749. The second kappa shape index (κ2) is 5.76. The Morgan fingerprint density at radius 1 is 1.48 bits per heavy atom. The van der Waals surface area contributed by atoms with Crippen molar-refractivity contribution in [3.05, 3.63) is 23.8 Å². The van der Waals surface area contributed by atoms with E-state index in [1.54, 1.807) is 45.0 Å². The molecule has 0 aromatic heterocycles. The molecular formula is C16H20N2O3. The lowest BCUT2D eigenvalue weighted by molar-refractivity contribution is -0.120. The molecule has 0 aliphatic carbocycles. The number of fused-ring (bicyclic) bond motifs is 1. The summed E-state index contributed by atoms with van der Waals surface area (Å²) in [5.41, 5.74) is 0.352. The molecule has 1 unspecified atom stereocenters. The van der Waals surface area contributed by atoms with Crippen molar-refractivity contribution in [2.45, 2.75) is 25.5 Å². The molecule has 1 heterocycles. The van der Waals surface area contributed by atoms with Crippen LogP contribution in [0.3, 0.4) is 0 Å². The monoisotopic (exact) mass is 288 g/mol. The van der Waals surface area contributed by atoms with E-state index in [2.05, 4.69) is 17.2 Å². The third kappa shape index (κ3) is 3.54. The summed E-state index contributed by atoms with van der Waals surface area (Å²) in [5.74, 6) is 6.26. The summed E-state index contributed by atoms with van der Waals surface area (Å²) in [5, 5.41) is 12.6. The summed E-state index contributed by atoms with van der Waals surface area (Å²) in [6.07, 6.45) is 0. The first kappa shape index (κ1) is 15.4. The van der Waals surface area contributed by atoms with Gasteiger partial charge in [-0.25, -0.2) is 0 Å². The van der Waals surface area contributed by atoms with Gasteiger partial charge in [-0.1, -0.05) is 11.8 Å². The largest absolute Gasteiger partial charge is 0.489 e. The Morgan fingerprint density at radius 3 is 2.81 bits per heavy atom. The number of hydrogen-bond donors (Lipinski definition) is 2. The Kier molecular flexibility index (Phi) is 4.21. The Bertz CT molecular complexity index is 608. The van der Waals surface area contributed by atoms with Crippen LogP contribution < -0.4 is 15.0 Å². The second-order valence-corrected chi connectivity index (χ2v) is 5.54. The first-order chi connectivity index (χ1) is 9.81. The van der Waals surface area contributed by atoms with E-state index < -0.39 is 5.60 Å². The number of amides is 1. The Morgan fingerprint density at radius 2 is 2.19 bits per heavy atom. The standard InChI is InChI=1S/C16H20N2O3/c1-16(2,20)8-7-11-5-6-14-13(9-11)18(4)15(19)12(17-3)10-21-14/h5-6,9,12,17,20H,10H2,1-4H3. The number of carbonyl (C=O) groups excluding carboxylic acids is 1. The van der Waals surface area contributed by atoms with Crippen molar-refractivity contribution >= 4 is 11.6 Å². The first-order valence-electron chi connectivity index (χ1n) is 6.79. The molecule has 0 bridgehead atoms. The van der Waals surface area contributed by atoms with Crippen molar-refractivity contribution in [1.29, 1.82) is 0 Å². The SMILES string of the molecule is CNC1COc2ccc(C#CC(C)(C)O)cc2N(C)C1=O. The Balaban J connectivity index is 2.38. The van der Waals surface area contributed by atoms with E-state index in [-0.39, 0.29) is 11.9 Å². The second-order valence-electron chi connectivity index (χ2n) is 5.54. The molecule has 2 N–H and O–H groups in total. The summed E-state index contributed by atoms with van der Waals surface area (Å²) < 4.78 is 5.67. The van der Waals surface area contributed by atoms with E-state index >= 15 is 0 Å². The highest BCUT2D eigenvalue weighted by atomic mass is 16.5. The highest BCUT2D eigenvalue weighted by molar-refractivity contribution is 5.99. The van der Waals surface area contributed by atoms with Crippen LogP contribution in [0, 0.1) is 11.8 Å². The summed E-state index contributed by atoms with van der Waals surface area (Å²) in [6, 6.07) is 5.04. The van der Waals surface area contributed by atoms with Gasteiger partial charge in [-0.15, -0.1) is 0 Å². The van der Waals surface area contributed by atoms with E-state index in [1.165, 1.54) is 0 Å². The molecule has 0 fully saturated rings. The highest BCUT2D eigenvalue weighted by Gasteiger charge is 2.28. The lowest BCUT2D eigenvalue weighted by Gasteiger charge is -2.19. The van der Waals surface area contributed by atoms with Crippen molar-refractivity contribution in [2.24, 2.45) is 0 Å². The molecule has 112 valence electrons. The molecule has 1 amide bonds. The zero-order valence-corrected chi connectivity index (χ0v) is 12.7. The molecule has 0 saturated heterocycles. The van der Waals surface area contributed by atoms with Gasteiger partial charge in [-0.2, -0.15) is 0 Å². The van der Waals surface area contributed by atoms with Crippen LogP contribution in [0.2, 0.25) is 0 Å². The minimum absolute atomic E-state index is 0.0520. The van der Waals surface area contributed by atoms with Gasteiger partial charge in [0.05, 0.1) is 5.69 Å². The lowest BCUT2D eigenvalue weighted by atomic mass is 10.1. The molecule has 2 rings (SSSR count). The first-order valence-corrected chi connectivity index (χ1v) is 6.79. The van der Waals surface area contributed by atoms with Crippen molar-refractivity contribution in [1.82, 2.24) is 5.32 Å². The fourth-order valence-corrected chi connectivity index (χ4v) is 2.01. The van der Waals surface area contributed by atoms with Crippen LogP contribution in [-0.4, -0.2) is 43.4 Å². The molecule has 0 saturated carbocycles. The van der Waals surface area contributed by atoms with E-state index in [4.69, 9.17) is 4.74 Å². The van der Waals surface area contributed by atoms with Crippen LogP contribution in [0.4, 0.5) is 5.69 Å². The van der Waals surface area contributed by atoms with Gasteiger partial charge in [0.25, 0.3) is 0 Å². The fourth-order valence-electron chi connectivity index (χ4n) is 2.01. The van der Waals surface area contributed by atoms with Crippen molar-refractivity contribution in [3.8, 4) is 17.6 Å². The van der Waals surface area contributed by atoms with Gasteiger partial charge in [0.1, 0.15) is 24.0 Å². The average molecular weight is 288 g/mol. The van der Waals surface area contributed by atoms with Crippen LogP contribution in [-0.2, 0) is 4.79 Å². The number of aliphatic hydroxyl groups is 1. The number of benzene rings is 1. The molecular weight excluding hydrogens is 268 g/mol. The molecule has 1 aromatic rings. The van der Waals surface area contributed by atoms with E-state index in [9.17, 15) is 9.90 Å². The molecule has 1 aromatic carbocycles. The number of nitrogens with zero attached hydrogens (tertiary/aromatic N) is 1. The summed E-state index contributed by atoms with van der Waals surface area (Å²) in [7, 11) is 3.45. The van der Waals surface area contributed by atoms with Crippen molar-refractivity contribution < 1.29 is 14.6 Å². The number of carbonyl (C=O) groups is 1. The van der Waals surface area contributed by atoms with Gasteiger partial charge in [0.15, 0.2) is 0 Å². The van der Waals surface area contributed by atoms with Crippen LogP contribution in [0.15, 0.2) is 18.2 Å². The van der Waals surface area contributed by atoms with E-state index in [0.717, 1.165) is 5.56 Å². The molecule has 1 aliphatic rings. The van der Waals surface area contributed by atoms with Crippen LogP contribution >= 0.6 is 0 Å². The molecule has 1 atom stereocenters. The summed E-state index contributed by atoms with van der Waals surface area (Å²) >= 11 is 0. The lowest BCUT2D eigenvalue weighted by Crippen LogP contribution is -2.45. The van der Waals surface area contributed by atoms with Crippen LogP contribution in [0.1, 0.15) is 19.4 Å². The predicted octanol–water partition coefficient (Wildman–Crippen LogP) is 0.752. The van der Waals surface area contributed by atoms with Gasteiger partial charge >= 0.3 is 0 Å². The number of hydrogen-bond acceptors (Lipinski definition) is 4. The molecule has 21 heavy (non-hydrogen) atoms. The maximum absolute atomic E-state index is 12.3. The van der Waals surface area contributed by atoms with Gasteiger partial charge in [0, 0.05) is 12.6 Å². The van der Waals surface area contributed by atoms with Gasteiger partial charge in [-0.3, -0.25) is 4.79 Å². The van der Waals surface area contributed by atoms with E-state index in [0.29, 0.717) is 18.0 Å². The van der Waals surface area contributed by atoms with Gasteiger partial charge in [-0.05, 0) is 39.1 Å². The average Bonchev–Trinajstić information content (AvgIpc) is 2.55. The molecule has 5 nitrogen and oxygen atoms in total. The number of nitrogens with one attached hydrogen (secondary N) is 1. The summed E-state index contributed by atoms with van der Waals surface area (Å²) in [6.45, 7) is 3.54. The topological polar surface area (TPSA) is 61.8 Å². The normalized spacial score (nSPS) is 18.2. The smallest absolute Gasteiger partial charge is 0.247 e. The highest BCUT2D eigenvalue weighted by Crippen LogP contribution is 2.31. The molecule has 5 heteroatoms. The van der Waals surface area contributed by atoms with Gasteiger partial charge < -0.3 is 20.1 Å². The molecule has 1 aliphatic heterocycles. The van der Waals surface area contributed by atoms with Crippen LogP contribution in [0.5, 0.6) is 5.75 Å². The number of rotatable bonds is 1. The zero-order valence-electron chi connectivity index (χ0n) is 12.7. The van der Waals surface area contributed by atoms with Crippen molar-refractivity contribution in [3.63, 3.8) is 0 Å². The maximum atomic E-state index is 12.3. The van der Waals surface area contributed by atoms with Gasteiger partial charge in [0.2, 0.25) is 5.91 Å². The fraction of sp³-hybridized carbons (Fsp3) is 0.438. The number of likely N-dealkylation sites (N-methyl/N-ethyl adjacent to an activating group) is 2. The molecule has 0 spiro atoms. The number of anilines is 1. The zero-order chi connectivity index (χ0) is 15.6. The molecule has 0 radical (unpaired) electrons. The minimum atomic E-state index is -1.05. The van der Waals surface area contributed by atoms with Crippen molar-refractivity contribution in [2.75, 3.05) is 25.6 Å². The summed E-state index contributed by atoms with van der Waals surface area (Å²) in [4.78, 5) is 13.8.